The predicted octanol–water partition coefficient (Wildman–Crippen LogP) is 6.30. The van der Waals surface area contributed by atoms with Crippen LogP contribution in [0.25, 0.3) is 11.0 Å². The third-order valence-corrected chi connectivity index (χ3v) is 9.03. The first-order chi connectivity index (χ1) is 19.7. The second kappa shape index (κ2) is 12.6. The number of carbonyl (C=O) groups is 1. The molecule has 2 fully saturated rings. The van der Waals surface area contributed by atoms with Crippen molar-refractivity contribution in [2.24, 2.45) is 0 Å². The van der Waals surface area contributed by atoms with Gasteiger partial charge in [0.1, 0.15) is 5.03 Å². The summed E-state index contributed by atoms with van der Waals surface area (Å²) in [6.07, 6.45) is 3.59. The van der Waals surface area contributed by atoms with E-state index in [0.29, 0.717) is 18.8 Å². The van der Waals surface area contributed by atoms with E-state index < -0.39 is 0 Å². The summed E-state index contributed by atoms with van der Waals surface area (Å²) in [4.78, 5) is 30.1. The van der Waals surface area contributed by atoms with Crippen LogP contribution in [0.15, 0.2) is 83.9 Å². The number of thioether (sulfide) groups is 1. The number of anilines is 1. The van der Waals surface area contributed by atoms with Crippen LogP contribution >= 0.6 is 23.4 Å². The van der Waals surface area contributed by atoms with Crippen LogP contribution in [0.1, 0.15) is 36.4 Å². The van der Waals surface area contributed by atoms with Crippen LogP contribution in [0, 0.1) is 0 Å². The van der Waals surface area contributed by atoms with E-state index in [0.717, 1.165) is 53.1 Å². The molecule has 1 unspecified atom stereocenters. The van der Waals surface area contributed by atoms with E-state index in [1.165, 1.54) is 42.2 Å². The molecule has 0 radical (unpaired) electrons. The van der Waals surface area contributed by atoms with Crippen molar-refractivity contribution in [3.8, 4) is 0 Å². The molecule has 0 N–H and O–H groups in total. The van der Waals surface area contributed by atoms with Gasteiger partial charge in [-0.15, -0.1) is 0 Å². The fraction of sp³-hybridized carbons (Fsp3) is 0.344. The quantitative estimate of drug-likeness (QED) is 0.243. The Hall–Kier alpha value is -3.13. The molecule has 40 heavy (non-hydrogen) atoms. The van der Waals surface area contributed by atoms with Crippen LogP contribution in [0.2, 0.25) is 5.02 Å². The summed E-state index contributed by atoms with van der Waals surface area (Å²) in [7, 11) is 0. The van der Waals surface area contributed by atoms with Crippen molar-refractivity contribution in [1.29, 1.82) is 0 Å². The zero-order valence-corrected chi connectivity index (χ0v) is 24.2. The minimum absolute atomic E-state index is 0.130. The Morgan fingerprint density at radius 1 is 0.750 bits per heavy atom. The number of rotatable bonds is 7. The van der Waals surface area contributed by atoms with Crippen molar-refractivity contribution < 1.29 is 4.79 Å². The van der Waals surface area contributed by atoms with Gasteiger partial charge in [-0.3, -0.25) is 9.69 Å². The summed E-state index contributed by atoms with van der Waals surface area (Å²) < 4.78 is 0. The maximum atomic E-state index is 13.4. The highest BCUT2D eigenvalue weighted by atomic mass is 35.5. The van der Waals surface area contributed by atoms with E-state index in [1.54, 1.807) is 0 Å². The molecule has 6 nitrogen and oxygen atoms in total. The Balaban J connectivity index is 1.13. The Morgan fingerprint density at radius 2 is 1.38 bits per heavy atom. The van der Waals surface area contributed by atoms with Crippen LogP contribution in [0.4, 0.5) is 5.82 Å². The van der Waals surface area contributed by atoms with E-state index in [-0.39, 0.29) is 11.9 Å². The lowest BCUT2D eigenvalue weighted by Crippen LogP contribution is -2.50. The van der Waals surface area contributed by atoms with Crippen molar-refractivity contribution >= 4 is 46.1 Å². The molecule has 0 bridgehead atoms. The molecule has 4 aromatic rings. The molecule has 3 aromatic carbocycles. The molecule has 8 heteroatoms. The first kappa shape index (κ1) is 27.1. The van der Waals surface area contributed by atoms with Gasteiger partial charge in [-0.1, -0.05) is 78.0 Å². The molecule has 0 aliphatic carbocycles. The van der Waals surface area contributed by atoms with Gasteiger partial charge in [0.25, 0.3) is 0 Å². The van der Waals surface area contributed by atoms with Crippen LogP contribution in [-0.2, 0) is 4.79 Å². The second-order valence-electron chi connectivity index (χ2n) is 10.5. The largest absolute Gasteiger partial charge is 0.354 e. The lowest BCUT2D eigenvalue weighted by Gasteiger charge is -2.39. The zero-order chi connectivity index (χ0) is 27.3. The summed E-state index contributed by atoms with van der Waals surface area (Å²) in [5.74, 6) is 1.45. The van der Waals surface area contributed by atoms with Gasteiger partial charge in [0.2, 0.25) is 5.91 Å². The molecule has 0 saturated carbocycles. The lowest BCUT2D eigenvalue weighted by molar-refractivity contribution is -0.130. The fourth-order valence-corrected chi connectivity index (χ4v) is 6.76. The highest BCUT2D eigenvalue weighted by Gasteiger charge is 2.29. The van der Waals surface area contributed by atoms with Crippen LogP contribution in [0.3, 0.4) is 0 Å². The highest BCUT2D eigenvalue weighted by molar-refractivity contribution is 8.00. The monoisotopic (exact) mass is 571 g/mol. The molecule has 1 amide bonds. The lowest BCUT2D eigenvalue weighted by atomic mass is 9.96. The molecule has 0 spiro atoms. The molecule has 1 atom stereocenters. The first-order valence-corrected chi connectivity index (χ1v) is 15.5. The standard InChI is InChI=1S/C32H34ClN5OS/c33-26-15-13-25(14-16-26)30(24-9-3-1-4-10-24)37-21-19-36(20-22-37)29(39)23-40-32-31(38-17-7-2-8-18-38)34-27-11-5-6-12-28(27)35-32/h1,3-6,9-16,30H,2,7-8,17-23H2. The van der Waals surface area contributed by atoms with E-state index in [2.05, 4.69) is 46.2 Å². The van der Waals surface area contributed by atoms with Gasteiger partial charge >= 0.3 is 0 Å². The van der Waals surface area contributed by atoms with Gasteiger partial charge in [-0.2, -0.15) is 0 Å². The normalized spacial score (nSPS) is 17.2. The van der Waals surface area contributed by atoms with Crippen molar-refractivity contribution in [2.45, 2.75) is 30.3 Å². The molecule has 206 valence electrons. The van der Waals surface area contributed by atoms with Crippen molar-refractivity contribution in [1.82, 2.24) is 19.8 Å². The summed E-state index contributed by atoms with van der Waals surface area (Å²) >= 11 is 7.71. The maximum Gasteiger partial charge on any atom is 0.233 e. The third-order valence-electron chi connectivity index (χ3n) is 7.84. The van der Waals surface area contributed by atoms with Gasteiger partial charge in [-0.05, 0) is 54.7 Å². The maximum absolute atomic E-state index is 13.4. The molecule has 2 aliphatic heterocycles. The summed E-state index contributed by atoms with van der Waals surface area (Å²) in [6.45, 7) is 5.03. The summed E-state index contributed by atoms with van der Waals surface area (Å²) in [5.41, 5.74) is 4.25. The van der Waals surface area contributed by atoms with Gasteiger partial charge in [0.15, 0.2) is 5.82 Å². The summed E-state index contributed by atoms with van der Waals surface area (Å²) in [5, 5.41) is 1.60. The summed E-state index contributed by atoms with van der Waals surface area (Å²) in [6, 6.07) is 26.8. The minimum Gasteiger partial charge on any atom is -0.354 e. The van der Waals surface area contributed by atoms with E-state index in [4.69, 9.17) is 21.6 Å². The van der Waals surface area contributed by atoms with Gasteiger partial charge in [0.05, 0.1) is 22.8 Å². The topological polar surface area (TPSA) is 52.6 Å². The van der Waals surface area contributed by atoms with E-state index in [9.17, 15) is 4.79 Å². The number of aromatic nitrogens is 2. The minimum atomic E-state index is 0.130. The number of para-hydroxylation sites is 2. The first-order valence-electron chi connectivity index (χ1n) is 14.1. The SMILES string of the molecule is O=C(CSc1nc2ccccc2nc1N1CCCCC1)N1CCN(C(c2ccccc2)c2ccc(Cl)cc2)CC1. The number of carbonyl (C=O) groups excluding carboxylic acids is 1. The average Bonchev–Trinajstić information content (AvgIpc) is 3.02. The Morgan fingerprint density at radius 3 is 2.08 bits per heavy atom. The number of nitrogens with zero attached hydrogens (tertiary/aromatic N) is 5. The molecule has 2 aliphatic rings. The van der Waals surface area contributed by atoms with Gasteiger partial charge < -0.3 is 9.80 Å². The Kier molecular flexibility index (Phi) is 8.51. The number of piperazine rings is 1. The van der Waals surface area contributed by atoms with Gasteiger partial charge in [0, 0.05) is 44.3 Å². The molecular formula is C32H34ClN5OS. The zero-order valence-electron chi connectivity index (χ0n) is 22.6. The van der Waals surface area contributed by atoms with Crippen LogP contribution in [0.5, 0.6) is 0 Å². The number of halogens is 1. The van der Waals surface area contributed by atoms with E-state index in [1.807, 2.05) is 47.4 Å². The number of hydrogen-bond acceptors (Lipinski definition) is 6. The molecular weight excluding hydrogens is 538 g/mol. The average molecular weight is 572 g/mol. The van der Waals surface area contributed by atoms with Crippen molar-refractivity contribution in [2.75, 3.05) is 49.9 Å². The van der Waals surface area contributed by atoms with Crippen LogP contribution in [-0.4, -0.2) is 70.7 Å². The molecule has 2 saturated heterocycles. The van der Waals surface area contributed by atoms with Crippen LogP contribution < -0.4 is 4.90 Å². The fourth-order valence-electron chi connectivity index (χ4n) is 5.73. The highest BCUT2D eigenvalue weighted by Crippen LogP contribution is 2.33. The third kappa shape index (κ3) is 6.12. The number of benzene rings is 3. The molecule has 3 heterocycles. The number of fused-ring (bicyclic) bond motifs is 1. The van der Waals surface area contributed by atoms with Crippen molar-refractivity contribution in [3.63, 3.8) is 0 Å². The number of piperidine rings is 1. The smallest absolute Gasteiger partial charge is 0.233 e. The van der Waals surface area contributed by atoms with Crippen molar-refractivity contribution in [3.05, 3.63) is 95.0 Å². The number of amides is 1. The molecule has 6 rings (SSSR count). The Bertz CT molecular complexity index is 1440. The van der Waals surface area contributed by atoms with E-state index >= 15 is 0 Å². The Labute approximate surface area is 245 Å². The second-order valence-corrected chi connectivity index (χ2v) is 11.9. The van der Waals surface area contributed by atoms with Gasteiger partial charge in [-0.25, -0.2) is 9.97 Å². The predicted molar refractivity (Wildman–Crippen MR) is 164 cm³/mol. The number of hydrogen-bond donors (Lipinski definition) is 0. The molecule has 1 aromatic heterocycles.